The second kappa shape index (κ2) is 7.98. The summed E-state index contributed by atoms with van der Waals surface area (Å²) in [4.78, 5) is 2.43. The zero-order valence-electron chi connectivity index (χ0n) is 14.7. The van der Waals surface area contributed by atoms with Gasteiger partial charge in [0.15, 0.2) is 0 Å². The van der Waals surface area contributed by atoms with Crippen molar-refractivity contribution >= 4 is 17.8 Å². The number of nitrogens with zero attached hydrogens (tertiary/aromatic N) is 3. The Morgan fingerprint density at radius 2 is 1.88 bits per heavy atom. The van der Waals surface area contributed by atoms with E-state index >= 15 is 0 Å². The summed E-state index contributed by atoms with van der Waals surface area (Å²) < 4.78 is 13.8. The fourth-order valence-electron chi connectivity index (χ4n) is 3.05. The Balaban J connectivity index is 1.56. The predicted molar refractivity (Wildman–Crippen MR) is 102 cm³/mol. The normalized spacial score (nSPS) is 15.9. The fraction of sp³-hybridized carbons (Fsp3) is 0.350. The predicted octanol–water partition coefficient (Wildman–Crippen LogP) is 4.25. The average Bonchev–Trinajstić information content (AvgIpc) is 2.58. The Hall–Kier alpha value is -1.91. The molecule has 1 aliphatic rings. The van der Waals surface area contributed by atoms with Crippen LogP contribution in [0, 0.1) is 19.7 Å². The maximum absolute atomic E-state index is 13.8. The summed E-state index contributed by atoms with van der Waals surface area (Å²) in [6, 6.07) is 11.3. The molecular formula is C20H23ClFN3. The number of benzene rings is 2. The van der Waals surface area contributed by atoms with E-state index in [-0.39, 0.29) is 5.82 Å². The molecule has 1 fully saturated rings. The van der Waals surface area contributed by atoms with Crippen LogP contribution in [0.3, 0.4) is 0 Å². The lowest BCUT2D eigenvalue weighted by Gasteiger charge is -2.33. The van der Waals surface area contributed by atoms with Crippen LogP contribution in [0.1, 0.15) is 22.3 Å². The lowest BCUT2D eigenvalue weighted by Crippen LogP contribution is -2.43. The molecule has 0 spiro atoms. The van der Waals surface area contributed by atoms with E-state index < -0.39 is 0 Å². The van der Waals surface area contributed by atoms with E-state index in [0.717, 1.165) is 32.7 Å². The number of aryl methyl sites for hydroxylation is 2. The Morgan fingerprint density at radius 1 is 1.12 bits per heavy atom. The van der Waals surface area contributed by atoms with Gasteiger partial charge < -0.3 is 0 Å². The van der Waals surface area contributed by atoms with Gasteiger partial charge in [-0.15, -0.1) is 0 Å². The monoisotopic (exact) mass is 359 g/mol. The molecule has 0 radical (unpaired) electrons. The molecule has 1 aliphatic heterocycles. The minimum absolute atomic E-state index is 0.343. The number of hydrogen-bond donors (Lipinski definition) is 0. The van der Waals surface area contributed by atoms with Crippen LogP contribution in [-0.4, -0.2) is 42.3 Å². The molecule has 0 amide bonds. The Kier molecular flexibility index (Phi) is 5.71. The first-order valence-electron chi connectivity index (χ1n) is 8.54. The second-order valence-corrected chi connectivity index (χ2v) is 6.95. The van der Waals surface area contributed by atoms with Gasteiger partial charge >= 0.3 is 0 Å². The number of piperazine rings is 1. The molecular weight excluding hydrogens is 337 g/mol. The van der Waals surface area contributed by atoms with Gasteiger partial charge in [-0.25, -0.2) is 4.39 Å². The lowest BCUT2D eigenvalue weighted by molar-refractivity contribution is 0.131. The number of hydrogen-bond acceptors (Lipinski definition) is 3. The van der Waals surface area contributed by atoms with Gasteiger partial charge in [0.25, 0.3) is 0 Å². The van der Waals surface area contributed by atoms with E-state index in [1.807, 2.05) is 5.01 Å². The van der Waals surface area contributed by atoms with Crippen molar-refractivity contribution in [3.63, 3.8) is 0 Å². The van der Waals surface area contributed by atoms with E-state index in [1.54, 1.807) is 12.1 Å². The summed E-state index contributed by atoms with van der Waals surface area (Å²) in [6.45, 7) is 8.78. The van der Waals surface area contributed by atoms with Crippen LogP contribution in [0.25, 0.3) is 0 Å². The quantitative estimate of drug-likeness (QED) is 0.760. The number of halogens is 2. The van der Waals surface area contributed by atoms with Gasteiger partial charge in [0.2, 0.25) is 0 Å². The van der Waals surface area contributed by atoms with Crippen molar-refractivity contribution in [2.45, 2.75) is 20.4 Å². The molecule has 0 N–H and O–H groups in total. The van der Waals surface area contributed by atoms with Crippen molar-refractivity contribution in [3.05, 3.63) is 69.5 Å². The van der Waals surface area contributed by atoms with Crippen molar-refractivity contribution in [2.75, 3.05) is 26.2 Å². The molecule has 3 rings (SSSR count). The summed E-state index contributed by atoms with van der Waals surface area (Å²) in [7, 11) is 0. The van der Waals surface area contributed by atoms with Crippen LogP contribution in [0.15, 0.2) is 41.5 Å². The van der Waals surface area contributed by atoms with Gasteiger partial charge in [0, 0.05) is 38.3 Å². The first kappa shape index (κ1) is 17.9. The third-order valence-corrected chi connectivity index (χ3v) is 4.92. The van der Waals surface area contributed by atoms with Gasteiger partial charge in [0.1, 0.15) is 5.82 Å². The number of hydrazone groups is 1. The minimum Gasteiger partial charge on any atom is -0.295 e. The van der Waals surface area contributed by atoms with Gasteiger partial charge in [-0.05, 0) is 37.1 Å². The maximum Gasteiger partial charge on any atom is 0.133 e. The zero-order valence-corrected chi connectivity index (χ0v) is 15.4. The summed E-state index contributed by atoms with van der Waals surface area (Å²) >= 11 is 6.03. The van der Waals surface area contributed by atoms with Crippen LogP contribution in [-0.2, 0) is 6.54 Å². The van der Waals surface area contributed by atoms with Crippen LogP contribution in [0.2, 0.25) is 5.02 Å². The topological polar surface area (TPSA) is 18.8 Å². The van der Waals surface area contributed by atoms with Crippen LogP contribution < -0.4 is 0 Å². The van der Waals surface area contributed by atoms with E-state index in [1.165, 1.54) is 29.0 Å². The Morgan fingerprint density at radius 3 is 2.56 bits per heavy atom. The molecule has 25 heavy (non-hydrogen) atoms. The van der Waals surface area contributed by atoms with Gasteiger partial charge in [-0.3, -0.25) is 9.91 Å². The third kappa shape index (κ3) is 4.59. The molecule has 2 aromatic rings. The summed E-state index contributed by atoms with van der Waals surface area (Å²) in [5.41, 5.74) is 4.37. The second-order valence-electron chi connectivity index (χ2n) is 6.54. The Bertz CT molecular complexity index is 747. The molecule has 0 aromatic heterocycles. The largest absolute Gasteiger partial charge is 0.295 e. The molecule has 1 heterocycles. The van der Waals surface area contributed by atoms with Crippen LogP contribution in [0.4, 0.5) is 4.39 Å². The van der Waals surface area contributed by atoms with Crippen molar-refractivity contribution in [2.24, 2.45) is 5.10 Å². The molecule has 0 saturated carbocycles. The molecule has 2 aromatic carbocycles. The highest BCUT2D eigenvalue weighted by Crippen LogP contribution is 2.18. The highest BCUT2D eigenvalue weighted by Gasteiger charge is 2.16. The van der Waals surface area contributed by atoms with E-state index in [4.69, 9.17) is 11.6 Å². The van der Waals surface area contributed by atoms with Crippen molar-refractivity contribution in [3.8, 4) is 0 Å². The molecule has 1 saturated heterocycles. The zero-order chi connectivity index (χ0) is 17.8. The molecule has 0 unspecified atom stereocenters. The first-order chi connectivity index (χ1) is 12.0. The summed E-state index contributed by atoms with van der Waals surface area (Å²) in [6.07, 6.45) is 1.53. The molecule has 0 atom stereocenters. The highest BCUT2D eigenvalue weighted by atomic mass is 35.5. The van der Waals surface area contributed by atoms with E-state index in [2.05, 4.69) is 42.0 Å². The molecule has 0 bridgehead atoms. The summed E-state index contributed by atoms with van der Waals surface area (Å²) in [5.74, 6) is -0.343. The van der Waals surface area contributed by atoms with Crippen LogP contribution >= 0.6 is 11.6 Å². The standard InChI is InChI=1S/C20H23ClFN3/c1-15-6-7-17(16(2)12-15)14-24-8-10-25(11-9-24)23-13-18-19(21)4-3-5-20(18)22/h3-7,12-13H,8-11,14H2,1-2H3. The van der Waals surface area contributed by atoms with Crippen LogP contribution in [0.5, 0.6) is 0 Å². The van der Waals surface area contributed by atoms with Gasteiger partial charge in [0.05, 0.1) is 11.2 Å². The molecule has 132 valence electrons. The van der Waals surface area contributed by atoms with E-state index in [9.17, 15) is 4.39 Å². The van der Waals surface area contributed by atoms with E-state index in [0.29, 0.717) is 10.6 Å². The average molecular weight is 360 g/mol. The Labute approximate surface area is 153 Å². The third-order valence-electron chi connectivity index (χ3n) is 4.59. The number of rotatable bonds is 4. The SMILES string of the molecule is Cc1ccc(CN2CCN(N=Cc3c(F)cccc3Cl)CC2)c(C)c1. The van der Waals surface area contributed by atoms with Crippen molar-refractivity contribution in [1.82, 2.24) is 9.91 Å². The van der Waals surface area contributed by atoms with Gasteiger partial charge in [-0.1, -0.05) is 41.4 Å². The maximum atomic E-state index is 13.8. The minimum atomic E-state index is -0.343. The molecule has 3 nitrogen and oxygen atoms in total. The van der Waals surface area contributed by atoms with Crippen molar-refractivity contribution < 1.29 is 4.39 Å². The fourth-order valence-corrected chi connectivity index (χ4v) is 3.26. The lowest BCUT2D eigenvalue weighted by atomic mass is 10.1. The van der Waals surface area contributed by atoms with Crippen molar-refractivity contribution in [1.29, 1.82) is 0 Å². The first-order valence-corrected chi connectivity index (χ1v) is 8.92. The summed E-state index contributed by atoms with van der Waals surface area (Å²) in [5, 5.41) is 6.76. The molecule has 5 heteroatoms. The smallest absolute Gasteiger partial charge is 0.133 e. The highest BCUT2D eigenvalue weighted by molar-refractivity contribution is 6.33. The van der Waals surface area contributed by atoms with Gasteiger partial charge in [-0.2, -0.15) is 5.10 Å². The molecule has 0 aliphatic carbocycles.